The number of aryl methyl sites for hydroxylation is 1. The lowest BCUT2D eigenvalue weighted by Gasteiger charge is -2.18. The Balaban J connectivity index is 2.79. The van der Waals surface area contributed by atoms with Crippen LogP contribution in [0.4, 0.5) is 5.69 Å². The molecule has 0 bridgehead atoms. The molecule has 29 heavy (non-hydrogen) atoms. The van der Waals surface area contributed by atoms with Gasteiger partial charge in [0.25, 0.3) is 5.56 Å². The third-order valence-electron chi connectivity index (χ3n) is 4.12. The molecule has 2 aromatic rings. The van der Waals surface area contributed by atoms with E-state index >= 15 is 0 Å². The Morgan fingerprint density at radius 1 is 1.17 bits per heavy atom. The van der Waals surface area contributed by atoms with Crippen molar-refractivity contribution >= 4 is 31.1 Å². The first-order chi connectivity index (χ1) is 13.4. The number of anilines is 1. The minimum absolute atomic E-state index is 0.00758. The topological polar surface area (TPSA) is 144 Å². The van der Waals surface area contributed by atoms with Gasteiger partial charge in [0.05, 0.1) is 22.9 Å². The van der Waals surface area contributed by atoms with Crippen LogP contribution in [0.15, 0.2) is 28.0 Å². The minimum atomic E-state index is -3.74. The summed E-state index contributed by atoms with van der Waals surface area (Å²) in [6.45, 7) is 0.400. The summed E-state index contributed by atoms with van der Waals surface area (Å²) in [6.07, 6.45) is 3.18. The third kappa shape index (κ3) is 5.34. The van der Waals surface area contributed by atoms with Gasteiger partial charge in [0.2, 0.25) is 5.78 Å². The van der Waals surface area contributed by atoms with E-state index in [9.17, 15) is 26.4 Å². The lowest BCUT2D eigenvalue weighted by atomic mass is 9.99. The van der Waals surface area contributed by atoms with Gasteiger partial charge in [-0.2, -0.15) is 0 Å². The van der Waals surface area contributed by atoms with Crippen molar-refractivity contribution in [1.29, 1.82) is 0 Å². The smallest absolute Gasteiger partial charge is 0.277 e. The highest BCUT2D eigenvalue weighted by Crippen LogP contribution is 2.31. The second kappa shape index (κ2) is 8.51. The fraction of sp³-hybridized carbons (Fsp3) is 0.412. The molecule has 0 saturated carbocycles. The largest absolute Gasteiger partial charge is 0.383 e. The van der Waals surface area contributed by atoms with Crippen molar-refractivity contribution in [3.05, 3.63) is 45.4 Å². The fourth-order valence-corrected chi connectivity index (χ4v) is 4.51. The summed E-state index contributed by atoms with van der Waals surface area (Å²) in [6, 6.07) is 2.45. The highest BCUT2D eigenvalue weighted by molar-refractivity contribution is 7.91. The van der Waals surface area contributed by atoms with Gasteiger partial charge in [0, 0.05) is 50.5 Å². The van der Waals surface area contributed by atoms with Crippen molar-refractivity contribution in [3.8, 4) is 0 Å². The van der Waals surface area contributed by atoms with E-state index in [4.69, 9.17) is 4.74 Å². The SMILES string of the molecule is COCCNc1c(S(C)(=O)=O)ccc(C(=O)c2c[nH]n(C)c2=O)c1CS(C)(=O)=O. The summed E-state index contributed by atoms with van der Waals surface area (Å²) < 4.78 is 54.6. The number of H-pyrrole nitrogens is 1. The molecule has 1 aromatic heterocycles. The van der Waals surface area contributed by atoms with E-state index in [0.29, 0.717) is 0 Å². The van der Waals surface area contributed by atoms with Crippen molar-refractivity contribution in [1.82, 2.24) is 9.78 Å². The lowest BCUT2D eigenvalue weighted by molar-refractivity contribution is 0.103. The molecule has 0 aliphatic carbocycles. The van der Waals surface area contributed by atoms with E-state index in [1.807, 2.05) is 0 Å². The van der Waals surface area contributed by atoms with Crippen LogP contribution in [0.3, 0.4) is 0 Å². The molecular weight excluding hydrogens is 422 g/mol. The van der Waals surface area contributed by atoms with Crippen LogP contribution < -0.4 is 10.9 Å². The maximum absolute atomic E-state index is 13.0. The molecule has 0 unspecified atom stereocenters. The van der Waals surface area contributed by atoms with Crippen molar-refractivity contribution in [2.24, 2.45) is 7.05 Å². The summed E-state index contributed by atoms with van der Waals surface area (Å²) in [5.41, 5.74) is -0.842. The number of benzene rings is 1. The number of hydrogen-bond acceptors (Lipinski definition) is 8. The Kier molecular flexibility index (Phi) is 6.71. The molecule has 10 nitrogen and oxygen atoms in total. The first kappa shape index (κ1) is 22.8. The number of nitrogens with one attached hydrogen (secondary N) is 2. The van der Waals surface area contributed by atoms with Crippen molar-refractivity contribution < 1.29 is 26.4 Å². The van der Waals surface area contributed by atoms with Crippen LogP contribution in [-0.2, 0) is 37.2 Å². The lowest BCUT2D eigenvalue weighted by Crippen LogP contribution is -2.22. The number of aromatic amines is 1. The number of aromatic nitrogens is 2. The number of carbonyl (C=O) groups excluding carboxylic acids is 1. The maximum atomic E-state index is 13.0. The van der Waals surface area contributed by atoms with Crippen LogP contribution >= 0.6 is 0 Å². The van der Waals surface area contributed by atoms with E-state index in [2.05, 4.69) is 10.4 Å². The first-order valence-corrected chi connectivity index (χ1v) is 12.4. The molecule has 0 radical (unpaired) electrons. The van der Waals surface area contributed by atoms with Crippen LogP contribution in [0, 0.1) is 0 Å². The second-order valence-corrected chi connectivity index (χ2v) is 10.7. The van der Waals surface area contributed by atoms with E-state index in [0.717, 1.165) is 17.2 Å². The minimum Gasteiger partial charge on any atom is -0.383 e. The molecule has 12 heteroatoms. The van der Waals surface area contributed by atoms with Gasteiger partial charge in [-0.1, -0.05) is 0 Å². The van der Waals surface area contributed by atoms with Gasteiger partial charge in [-0.25, -0.2) is 16.8 Å². The predicted octanol–water partition coefficient (Wildman–Crippen LogP) is -0.0492. The predicted molar refractivity (Wildman–Crippen MR) is 108 cm³/mol. The number of hydrogen-bond donors (Lipinski definition) is 2. The van der Waals surface area contributed by atoms with Crippen LogP contribution in [0.1, 0.15) is 21.5 Å². The molecule has 0 spiro atoms. The number of nitrogens with zero attached hydrogens (tertiary/aromatic N) is 1. The van der Waals surface area contributed by atoms with E-state index < -0.39 is 36.8 Å². The molecule has 2 rings (SSSR count). The van der Waals surface area contributed by atoms with Crippen LogP contribution in [0.5, 0.6) is 0 Å². The van der Waals surface area contributed by atoms with Gasteiger partial charge in [-0.15, -0.1) is 0 Å². The maximum Gasteiger partial charge on any atom is 0.277 e. The van der Waals surface area contributed by atoms with Gasteiger partial charge in [0.15, 0.2) is 19.7 Å². The number of rotatable bonds is 9. The molecule has 160 valence electrons. The molecule has 0 saturated heterocycles. The molecule has 2 N–H and O–H groups in total. The molecule has 0 aliphatic rings. The number of sulfone groups is 2. The van der Waals surface area contributed by atoms with Gasteiger partial charge in [0.1, 0.15) is 5.56 Å². The fourth-order valence-electron chi connectivity index (χ4n) is 2.80. The van der Waals surface area contributed by atoms with Gasteiger partial charge in [-0.3, -0.25) is 14.3 Å². The Hall–Kier alpha value is -2.44. The zero-order valence-corrected chi connectivity index (χ0v) is 18.1. The summed E-state index contributed by atoms with van der Waals surface area (Å²) >= 11 is 0. The third-order valence-corrected chi connectivity index (χ3v) is 6.07. The number of methoxy groups -OCH3 is 1. The Morgan fingerprint density at radius 3 is 2.31 bits per heavy atom. The first-order valence-electron chi connectivity index (χ1n) is 8.42. The van der Waals surface area contributed by atoms with Crippen molar-refractivity contribution in [2.45, 2.75) is 10.6 Å². The molecular formula is C17H23N3O7S2. The van der Waals surface area contributed by atoms with Crippen molar-refractivity contribution in [2.75, 3.05) is 38.1 Å². The van der Waals surface area contributed by atoms with Crippen LogP contribution in [0.2, 0.25) is 0 Å². The van der Waals surface area contributed by atoms with Crippen LogP contribution in [-0.4, -0.2) is 65.2 Å². The molecule has 0 amide bonds. The normalized spacial score (nSPS) is 12.1. The monoisotopic (exact) mass is 445 g/mol. The molecule has 1 heterocycles. The quantitative estimate of drug-likeness (QED) is 0.404. The van der Waals surface area contributed by atoms with Gasteiger partial charge in [-0.05, 0) is 12.1 Å². The molecule has 0 aliphatic heterocycles. The van der Waals surface area contributed by atoms with E-state index in [1.54, 1.807) is 0 Å². The molecule has 0 atom stereocenters. The highest BCUT2D eigenvalue weighted by Gasteiger charge is 2.27. The standard InChI is InChI=1S/C17H23N3O7S2/c1-20-17(22)12(9-19-20)16(21)11-5-6-14(29(4,25)26)15(18-7-8-27-2)13(11)10-28(3,23)24/h5-6,9,18-19H,7-8,10H2,1-4H3. The summed E-state index contributed by atoms with van der Waals surface area (Å²) in [4.78, 5) is 25.0. The Morgan fingerprint density at radius 2 is 1.83 bits per heavy atom. The van der Waals surface area contributed by atoms with Gasteiger partial charge < -0.3 is 15.2 Å². The zero-order valence-electron chi connectivity index (χ0n) is 16.5. The van der Waals surface area contributed by atoms with Crippen LogP contribution in [0.25, 0.3) is 0 Å². The molecule has 0 fully saturated rings. The zero-order chi connectivity index (χ0) is 22.0. The average molecular weight is 446 g/mol. The van der Waals surface area contributed by atoms with Crippen molar-refractivity contribution in [3.63, 3.8) is 0 Å². The second-order valence-electron chi connectivity index (χ2n) is 6.61. The van der Waals surface area contributed by atoms with Gasteiger partial charge >= 0.3 is 0 Å². The summed E-state index contributed by atoms with van der Waals surface area (Å²) in [7, 11) is -4.50. The van der Waals surface area contributed by atoms with E-state index in [1.165, 1.54) is 32.5 Å². The number of ether oxygens (including phenoxy) is 1. The summed E-state index contributed by atoms with van der Waals surface area (Å²) in [5.74, 6) is -1.29. The average Bonchev–Trinajstić information content (AvgIpc) is 2.92. The van der Waals surface area contributed by atoms with E-state index in [-0.39, 0.29) is 40.4 Å². The number of carbonyl (C=O) groups is 1. The molecule has 1 aromatic carbocycles. The Labute approximate surface area is 168 Å². The summed E-state index contributed by atoms with van der Waals surface area (Å²) in [5, 5.41) is 5.45. The number of ketones is 1. The Bertz CT molecular complexity index is 1190. The highest BCUT2D eigenvalue weighted by atomic mass is 32.2.